The van der Waals surface area contributed by atoms with Crippen LogP contribution in [0.25, 0.3) is 6.08 Å². The molecule has 0 aromatic carbocycles. The van der Waals surface area contributed by atoms with Crippen LogP contribution in [0, 0.1) is 0 Å². The number of allylic oxidation sites excluding steroid dienone is 2. The standard InChI is InChI=1S/C9H8O2/c1-2-8(10)5-6-9-4-3-7-11-9/h2-7H,1H2. The summed E-state index contributed by atoms with van der Waals surface area (Å²) in [6.07, 6.45) is 5.81. The van der Waals surface area contributed by atoms with E-state index in [1.54, 1.807) is 24.5 Å². The third kappa shape index (κ3) is 2.26. The van der Waals surface area contributed by atoms with Crippen molar-refractivity contribution in [3.05, 3.63) is 42.9 Å². The second-order valence-corrected chi connectivity index (χ2v) is 1.96. The van der Waals surface area contributed by atoms with E-state index in [0.29, 0.717) is 5.76 Å². The molecule has 0 aliphatic rings. The number of carbonyl (C=O) groups is 1. The van der Waals surface area contributed by atoms with Gasteiger partial charge in [-0.15, -0.1) is 0 Å². The Morgan fingerprint density at radius 1 is 1.64 bits per heavy atom. The van der Waals surface area contributed by atoms with Crippen LogP contribution < -0.4 is 0 Å². The molecule has 1 aromatic heterocycles. The minimum Gasteiger partial charge on any atom is -0.465 e. The average molecular weight is 148 g/mol. The van der Waals surface area contributed by atoms with Crippen molar-refractivity contribution in [1.82, 2.24) is 0 Å². The molecule has 56 valence electrons. The Morgan fingerprint density at radius 3 is 3.00 bits per heavy atom. The second kappa shape index (κ2) is 3.56. The molecule has 0 amide bonds. The molecule has 0 unspecified atom stereocenters. The first kappa shape index (κ1) is 7.54. The van der Waals surface area contributed by atoms with Gasteiger partial charge in [0.15, 0.2) is 5.78 Å². The summed E-state index contributed by atoms with van der Waals surface area (Å²) in [4.78, 5) is 10.7. The third-order valence-corrected chi connectivity index (χ3v) is 1.16. The Kier molecular flexibility index (Phi) is 2.44. The summed E-state index contributed by atoms with van der Waals surface area (Å²) in [5.41, 5.74) is 0. The maximum absolute atomic E-state index is 10.7. The first-order valence-corrected chi connectivity index (χ1v) is 3.21. The number of furan rings is 1. The first-order chi connectivity index (χ1) is 5.33. The zero-order chi connectivity index (χ0) is 8.10. The van der Waals surface area contributed by atoms with Crippen molar-refractivity contribution >= 4 is 11.9 Å². The van der Waals surface area contributed by atoms with Crippen LogP contribution in [-0.4, -0.2) is 5.78 Å². The second-order valence-electron chi connectivity index (χ2n) is 1.96. The Labute approximate surface area is 64.8 Å². The molecular weight excluding hydrogens is 140 g/mol. The molecule has 1 rings (SSSR count). The number of ketones is 1. The van der Waals surface area contributed by atoms with Crippen LogP contribution in [-0.2, 0) is 4.79 Å². The van der Waals surface area contributed by atoms with E-state index >= 15 is 0 Å². The topological polar surface area (TPSA) is 30.2 Å². The van der Waals surface area contributed by atoms with Crippen LogP contribution in [0.1, 0.15) is 5.76 Å². The van der Waals surface area contributed by atoms with E-state index in [1.807, 2.05) is 0 Å². The van der Waals surface area contributed by atoms with Crippen LogP contribution in [0.4, 0.5) is 0 Å². The van der Waals surface area contributed by atoms with Gasteiger partial charge in [0.2, 0.25) is 0 Å². The lowest BCUT2D eigenvalue weighted by Gasteiger charge is -1.80. The predicted octanol–water partition coefficient (Wildman–Crippen LogP) is 2.05. The van der Waals surface area contributed by atoms with Crippen LogP contribution >= 0.6 is 0 Å². The first-order valence-electron chi connectivity index (χ1n) is 3.21. The number of rotatable bonds is 3. The van der Waals surface area contributed by atoms with Crippen molar-refractivity contribution in [3.63, 3.8) is 0 Å². The molecule has 0 N–H and O–H groups in total. The molecule has 0 saturated carbocycles. The van der Waals surface area contributed by atoms with Crippen molar-refractivity contribution in [3.8, 4) is 0 Å². The van der Waals surface area contributed by atoms with Crippen molar-refractivity contribution in [2.45, 2.75) is 0 Å². The van der Waals surface area contributed by atoms with Gasteiger partial charge in [0.25, 0.3) is 0 Å². The SMILES string of the molecule is C=CC(=O)C=Cc1ccco1. The van der Waals surface area contributed by atoms with Gasteiger partial charge in [-0.3, -0.25) is 4.79 Å². The van der Waals surface area contributed by atoms with Gasteiger partial charge in [0.1, 0.15) is 5.76 Å². The fourth-order valence-corrected chi connectivity index (χ4v) is 0.618. The summed E-state index contributed by atoms with van der Waals surface area (Å²) in [6, 6.07) is 3.53. The quantitative estimate of drug-likeness (QED) is 0.614. The van der Waals surface area contributed by atoms with Gasteiger partial charge < -0.3 is 4.42 Å². The van der Waals surface area contributed by atoms with Crippen LogP contribution in [0.3, 0.4) is 0 Å². The van der Waals surface area contributed by atoms with E-state index in [4.69, 9.17) is 4.42 Å². The smallest absolute Gasteiger partial charge is 0.178 e. The van der Waals surface area contributed by atoms with Crippen molar-refractivity contribution in [2.75, 3.05) is 0 Å². The number of carbonyl (C=O) groups excluding carboxylic acids is 1. The van der Waals surface area contributed by atoms with E-state index in [1.165, 1.54) is 12.2 Å². The van der Waals surface area contributed by atoms with E-state index in [9.17, 15) is 4.79 Å². The summed E-state index contributed by atoms with van der Waals surface area (Å²) in [5.74, 6) is 0.543. The minimum atomic E-state index is -0.124. The molecule has 0 radical (unpaired) electrons. The minimum absolute atomic E-state index is 0.124. The molecule has 2 nitrogen and oxygen atoms in total. The fraction of sp³-hybridized carbons (Fsp3) is 0. The molecular formula is C9H8O2. The average Bonchev–Trinajstić information content (AvgIpc) is 2.52. The van der Waals surface area contributed by atoms with Gasteiger partial charge in [-0.05, 0) is 30.4 Å². The van der Waals surface area contributed by atoms with Gasteiger partial charge in [-0.2, -0.15) is 0 Å². The summed E-state index contributed by atoms with van der Waals surface area (Å²) < 4.78 is 4.96. The van der Waals surface area contributed by atoms with Gasteiger partial charge in [0.05, 0.1) is 6.26 Å². The van der Waals surface area contributed by atoms with Gasteiger partial charge in [0, 0.05) is 0 Å². The lowest BCUT2D eigenvalue weighted by molar-refractivity contribution is -0.110. The molecule has 1 aromatic rings. The van der Waals surface area contributed by atoms with Crippen molar-refractivity contribution in [2.24, 2.45) is 0 Å². The number of hydrogen-bond donors (Lipinski definition) is 0. The molecule has 0 aliphatic carbocycles. The molecule has 1 heterocycles. The Hall–Kier alpha value is -1.57. The zero-order valence-corrected chi connectivity index (χ0v) is 5.99. The highest BCUT2D eigenvalue weighted by atomic mass is 16.3. The fourth-order valence-electron chi connectivity index (χ4n) is 0.618. The van der Waals surface area contributed by atoms with Gasteiger partial charge in [-0.25, -0.2) is 0 Å². The molecule has 0 atom stereocenters. The van der Waals surface area contributed by atoms with Crippen molar-refractivity contribution in [1.29, 1.82) is 0 Å². The zero-order valence-electron chi connectivity index (χ0n) is 5.99. The molecule has 0 fully saturated rings. The largest absolute Gasteiger partial charge is 0.465 e. The lowest BCUT2D eigenvalue weighted by Crippen LogP contribution is -1.81. The number of hydrogen-bond acceptors (Lipinski definition) is 2. The summed E-state index contributed by atoms with van der Waals surface area (Å²) in [7, 11) is 0. The highest BCUT2D eigenvalue weighted by Crippen LogP contribution is 2.01. The molecule has 0 saturated heterocycles. The van der Waals surface area contributed by atoms with Gasteiger partial charge in [-0.1, -0.05) is 6.58 Å². The maximum atomic E-state index is 10.7. The molecule has 11 heavy (non-hydrogen) atoms. The maximum Gasteiger partial charge on any atom is 0.178 e. The van der Waals surface area contributed by atoms with E-state index < -0.39 is 0 Å². The molecule has 0 aliphatic heterocycles. The Bertz CT molecular complexity index is 268. The molecule has 2 heteroatoms. The normalized spacial score (nSPS) is 10.2. The van der Waals surface area contributed by atoms with E-state index in [2.05, 4.69) is 6.58 Å². The van der Waals surface area contributed by atoms with Crippen LogP contribution in [0.5, 0.6) is 0 Å². The van der Waals surface area contributed by atoms with Crippen LogP contribution in [0.15, 0.2) is 41.5 Å². The highest BCUT2D eigenvalue weighted by molar-refractivity contribution is 6.01. The summed E-state index contributed by atoms with van der Waals surface area (Å²) in [5, 5.41) is 0. The van der Waals surface area contributed by atoms with E-state index in [0.717, 1.165) is 0 Å². The van der Waals surface area contributed by atoms with Gasteiger partial charge >= 0.3 is 0 Å². The summed E-state index contributed by atoms with van der Waals surface area (Å²) >= 11 is 0. The monoisotopic (exact) mass is 148 g/mol. The molecule has 0 spiro atoms. The van der Waals surface area contributed by atoms with Crippen molar-refractivity contribution < 1.29 is 9.21 Å². The summed E-state index contributed by atoms with van der Waals surface area (Å²) in [6.45, 7) is 3.33. The highest BCUT2D eigenvalue weighted by Gasteiger charge is 1.88. The lowest BCUT2D eigenvalue weighted by atomic mass is 10.3. The molecule has 0 bridgehead atoms. The Balaban J connectivity index is 2.62. The Morgan fingerprint density at radius 2 is 2.45 bits per heavy atom. The third-order valence-electron chi connectivity index (χ3n) is 1.16. The predicted molar refractivity (Wildman–Crippen MR) is 42.9 cm³/mol. The van der Waals surface area contributed by atoms with Crippen LogP contribution in [0.2, 0.25) is 0 Å². The van der Waals surface area contributed by atoms with E-state index in [-0.39, 0.29) is 5.78 Å².